The second-order valence-corrected chi connectivity index (χ2v) is 6.95. The molecule has 2 N–H and O–H groups in total. The van der Waals surface area contributed by atoms with Gasteiger partial charge in [0.1, 0.15) is 4.99 Å². The van der Waals surface area contributed by atoms with Crippen molar-refractivity contribution in [2.45, 2.75) is 25.3 Å². The van der Waals surface area contributed by atoms with Gasteiger partial charge in [0.2, 0.25) is 0 Å². The van der Waals surface area contributed by atoms with Crippen LogP contribution in [0.5, 0.6) is 0 Å². The van der Waals surface area contributed by atoms with Gasteiger partial charge in [-0.05, 0) is 66.5 Å². The Kier molecular flexibility index (Phi) is 4.29. The molecule has 0 bridgehead atoms. The fourth-order valence-corrected chi connectivity index (χ4v) is 4.17. The standard InChI is InChI=1S/C15H20BrN3S/c16-14-9-11(3-4-13(14)15(17)20)19-8-5-12(10-19)18-6-1-2-7-18/h3-4,9,12H,1-2,5-8,10H2,(H2,17,20). The number of thiocarbonyl (C=S) groups is 1. The van der Waals surface area contributed by atoms with Crippen LogP contribution in [0.1, 0.15) is 24.8 Å². The lowest BCUT2D eigenvalue weighted by atomic mass is 10.2. The number of hydrogen-bond acceptors (Lipinski definition) is 3. The maximum absolute atomic E-state index is 5.70. The van der Waals surface area contributed by atoms with Gasteiger partial charge < -0.3 is 10.6 Å². The Bertz CT molecular complexity index is 514. The fraction of sp³-hybridized carbons (Fsp3) is 0.533. The van der Waals surface area contributed by atoms with Crippen LogP contribution in [0.4, 0.5) is 5.69 Å². The molecule has 2 heterocycles. The molecule has 2 aliphatic heterocycles. The third-order valence-corrected chi connectivity index (χ3v) is 5.28. The molecule has 2 fully saturated rings. The van der Waals surface area contributed by atoms with E-state index >= 15 is 0 Å². The molecule has 3 rings (SSSR count). The fourth-order valence-electron chi connectivity index (χ4n) is 3.28. The van der Waals surface area contributed by atoms with Gasteiger partial charge >= 0.3 is 0 Å². The van der Waals surface area contributed by atoms with E-state index in [0.717, 1.165) is 29.2 Å². The molecular weight excluding hydrogens is 334 g/mol. The van der Waals surface area contributed by atoms with E-state index in [-0.39, 0.29) is 0 Å². The zero-order valence-electron chi connectivity index (χ0n) is 11.5. The molecule has 2 aliphatic rings. The molecule has 1 atom stereocenters. The lowest BCUT2D eigenvalue weighted by Gasteiger charge is -2.24. The topological polar surface area (TPSA) is 32.5 Å². The zero-order valence-corrected chi connectivity index (χ0v) is 13.9. The molecule has 1 unspecified atom stereocenters. The van der Waals surface area contributed by atoms with Crippen molar-refractivity contribution in [3.63, 3.8) is 0 Å². The quantitative estimate of drug-likeness (QED) is 0.846. The van der Waals surface area contributed by atoms with Gasteiger partial charge in [0, 0.05) is 34.9 Å². The summed E-state index contributed by atoms with van der Waals surface area (Å²) in [5, 5.41) is 0. The van der Waals surface area contributed by atoms with Crippen LogP contribution in [-0.4, -0.2) is 42.1 Å². The van der Waals surface area contributed by atoms with Crippen molar-refractivity contribution in [1.82, 2.24) is 4.90 Å². The number of likely N-dealkylation sites (tertiary alicyclic amines) is 1. The number of rotatable bonds is 3. The Balaban J connectivity index is 1.71. The van der Waals surface area contributed by atoms with Crippen molar-refractivity contribution in [2.75, 3.05) is 31.1 Å². The normalized spacial score (nSPS) is 23.4. The summed E-state index contributed by atoms with van der Waals surface area (Å²) in [6.07, 6.45) is 4.00. The smallest absolute Gasteiger partial charge is 0.105 e. The lowest BCUT2D eigenvalue weighted by Crippen LogP contribution is -2.35. The van der Waals surface area contributed by atoms with Crippen molar-refractivity contribution in [3.8, 4) is 0 Å². The van der Waals surface area contributed by atoms with Gasteiger partial charge in [-0.3, -0.25) is 4.90 Å². The molecule has 0 aromatic heterocycles. The molecule has 0 spiro atoms. The van der Waals surface area contributed by atoms with Crippen LogP contribution in [0.15, 0.2) is 22.7 Å². The summed E-state index contributed by atoms with van der Waals surface area (Å²) in [6.45, 7) is 4.84. The van der Waals surface area contributed by atoms with Gasteiger partial charge in [-0.15, -0.1) is 0 Å². The third kappa shape index (κ3) is 2.85. The van der Waals surface area contributed by atoms with Gasteiger partial charge in [-0.1, -0.05) is 12.2 Å². The van der Waals surface area contributed by atoms with Crippen LogP contribution in [-0.2, 0) is 0 Å². The molecule has 108 valence electrons. The SMILES string of the molecule is NC(=S)c1ccc(N2CCC(N3CCCC3)C2)cc1Br. The van der Waals surface area contributed by atoms with Crippen LogP contribution < -0.4 is 10.6 Å². The second-order valence-electron chi connectivity index (χ2n) is 5.66. The maximum Gasteiger partial charge on any atom is 0.105 e. The summed E-state index contributed by atoms with van der Waals surface area (Å²) in [4.78, 5) is 5.56. The Morgan fingerprint density at radius 1 is 1.25 bits per heavy atom. The minimum Gasteiger partial charge on any atom is -0.389 e. The first kappa shape index (κ1) is 14.3. The van der Waals surface area contributed by atoms with Crippen LogP contribution in [0.2, 0.25) is 0 Å². The highest BCUT2D eigenvalue weighted by atomic mass is 79.9. The predicted octanol–water partition coefficient (Wildman–Crippen LogP) is 2.76. The molecule has 2 saturated heterocycles. The van der Waals surface area contributed by atoms with Gasteiger partial charge in [0.25, 0.3) is 0 Å². The first-order chi connectivity index (χ1) is 9.65. The van der Waals surface area contributed by atoms with E-state index in [1.165, 1.54) is 38.0 Å². The summed E-state index contributed by atoms with van der Waals surface area (Å²) in [5.74, 6) is 0. The summed E-state index contributed by atoms with van der Waals surface area (Å²) >= 11 is 8.62. The molecule has 5 heteroatoms. The third-order valence-electron chi connectivity index (χ3n) is 4.40. The molecule has 20 heavy (non-hydrogen) atoms. The van der Waals surface area contributed by atoms with E-state index in [9.17, 15) is 0 Å². The Morgan fingerprint density at radius 2 is 2.00 bits per heavy atom. The van der Waals surface area contributed by atoms with E-state index in [1.54, 1.807) is 0 Å². The highest BCUT2D eigenvalue weighted by molar-refractivity contribution is 9.10. The highest BCUT2D eigenvalue weighted by Gasteiger charge is 2.29. The first-order valence-electron chi connectivity index (χ1n) is 7.23. The predicted molar refractivity (Wildman–Crippen MR) is 91.5 cm³/mol. The molecule has 0 amide bonds. The Labute approximate surface area is 134 Å². The number of nitrogens with two attached hydrogens (primary N) is 1. The largest absolute Gasteiger partial charge is 0.389 e. The van der Waals surface area contributed by atoms with Crippen LogP contribution in [0.3, 0.4) is 0 Å². The number of benzene rings is 1. The van der Waals surface area contributed by atoms with Gasteiger partial charge in [-0.25, -0.2) is 0 Å². The molecule has 0 saturated carbocycles. The van der Waals surface area contributed by atoms with Gasteiger partial charge in [0.05, 0.1) is 0 Å². The molecular formula is C15H20BrN3S. The van der Waals surface area contributed by atoms with Crippen molar-refractivity contribution in [3.05, 3.63) is 28.2 Å². The van der Waals surface area contributed by atoms with Crippen LogP contribution >= 0.6 is 28.1 Å². The van der Waals surface area contributed by atoms with E-state index in [2.05, 4.69) is 37.9 Å². The summed E-state index contributed by atoms with van der Waals surface area (Å²) in [6, 6.07) is 7.02. The van der Waals surface area contributed by atoms with Crippen molar-refractivity contribution in [2.24, 2.45) is 5.73 Å². The van der Waals surface area contributed by atoms with E-state index in [0.29, 0.717) is 4.99 Å². The number of halogens is 1. The molecule has 0 aliphatic carbocycles. The first-order valence-corrected chi connectivity index (χ1v) is 8.43. The molecule has 3 nitrogen and oxygen atoms in total. The van der Waals surface area contributed by atoms with Crippen molar-refractivity contribution < 1.29 is 0 Å². The zero-order chi connectivity index (χ0) is 14.1. The second kappa shape index (κ2) is 6.00. The Hall–Kier alpha value is -0.650. The number of nitrogens with zero attached hydrogens (tertiary/aromatic N) is 2. The van der Waals surface area contributed by atoms with Crippen molar-refractivity contribution in [1.29, 1.82) is 0 Å². The minimum absolute atomic E-state index is 0.444. The van der Waals surface area contributed by atoms with E-state index in [4.69, 9.17) is 18.0 Å². The Morgan fingerprint density at radius 3 is 2.65 bits per heavy atom. The van der Waals surface area contributed by atoms with E-state index in [1.807, 2.05) is 6.07 Å². The van der Waals surface area contributed by atoms with E-state index < -0.39 is 0 Å². The summed E-state index contributed by atoms with van der Waals surface area (Å²) in [5.41, 5.74) is 7.88. The number of anilines is 1. The summed E-state index contributed by atoms with van der Waals surface area (Å²) in [7, 11) is 0. The lowest BCUT2D eigenvalue weighted by molar-refractivity contribution is 0.260. The van der Waals surface area contributed by atoms with Gasteiger partial charge in [-0.2, -0.15) is 0 Å². The maximum atomic E-state index is 5.70. The van der Waals surface area contributed by atoms with Crippen molar-refractivity contribution >= 4 is 38.8 Å². The molecule has 0 radical (unpaired) electrons. The van der Waals surface area contributed by atoms with Crippen LogP contribution in [0, 0.1) is 0 Å². The average Bonchev–Trinajstić information content (AvgIpc) is 3.09. The monoisotopic (exact) mass is 353 g/mol. The number of hydrogen-bond donors (Lipinski definition) is 1. The molecule has 1 aromatic rings. The minimum atomic E-state index is 0.444. The van der Waals surface area contributed by atoms with Crippen LogP contribution in [0.25, 0.3) is 0 Å². The average molecular weight is 354 g/mol. The highest BCUT2D eigenvalue weighted by Crippen LogP contribution is 2.29. The van der Waals surface area contributed by atoms with Gasteiger partial charge in [0.15, 0.2) is 0 Å². The summed E-state index contributed by atoms with van der Waals surface area (Å²) < 4.78 is 0.993. The molecule has 1 aromatic carbocycles.